The van der Waals surface area contributed by atoms with Crippen LogP contribution in [0.5, 0.6) is 5.75 Å². The van der Waals surface area contributed by atoms with Gasteiger partial charge in [0.05, 0.1) is 24.5 Å². The third kappa shape index (κ3) is 3.85. The Bertz CT molecular complexity index is 725. The normalized spacial score (nSPS) is 12.1. The van der Waals surface area contributed by atoms with Crippen molar-refractivity contribution in [2.75, 3.05) is 12.4 Å². The van der Waals surface area contributed by atoms with E-state index in [1.165, 1.54) is 0 Å². The molecular weight excluding hydrogens is 314 g/mol. The molecule has 0 saturated carbocycles. The third-order valence-electron chi connectivity index (χ3n) is 4.02. The maximum absolute atomic E-state index is 12.3. The van der Waals surface area contributed by atoms with E-state index in [9.17, 15) is 4.79 Å². The molecule has 1 aromatic carbocycles. The molecule has 1 heterocycles. The lowest BCUT2D eigenvalue weighted by Gasteiger charge is -2.15. The number of aromatic nitrogens is 2. The van der Waals surface area contributed by atoms with Gasteiger partial charge in [0.1, 0.15) is 5.75 Å². The van der Waals surface area contributed by atoms with Crippen molar-refractivity contribution in [3.63, 3.8) is 0 Å². The molecule has 0 spiro atoms. The lowest BCUT2D eigenvalue weighted by Crippen LogP contribution is -2.19. The number of aryl methyl sites for hydroxylation is 1. The summed E-state index contributed by atoms with van der Waals surface area (Å²) in [6.07, 6.45) is 0.317. The monoisotopic (exact) mass is 335 g/mol. The van der Waals surface area contributed by atoms with Crippen molar-refractivity contribution >= 4 is 23.2 Å². The van der Waals surface area contributed by atoms with E-state index >= 15 is 0 Å². The molecule has 1 aromatic heterocycles. The minimum atomic E-state index is -0.108. The van der Waals surface area contributed by atoms with Crippen molar-refractivity contribution in [3.8, 4) is 5.75 Å². The number of ether oxygens (including phenoxy) is 1. The maximum Gasteiger partial charge on any atom is 0.226 e. The Balaban J connectivity index is 2.10. The van der Waals surface area contributed by atoms with Crippen molar-refractivity contribution in [2.45, 2.75) is 40.2 Å². The van der Waals surface area contributed by atoms with Gasteiger partial charge in [0.25, 0.3) is 0 Å². The average Bonchev–Trinajstić information content (AvgIpc) is 2.75. The Morgan fingerprint density at radius 3 is 2.65 bits per heavy atom. The highest BCUT2D eigenvalue weighted by Crippen LogP contribution is 2.28. The van der Waals surface area contributed by atoms with Gasteiger partial charge < -0.3 is 10.1 Å². The highest BCUT2D eigenvalue weighted by Gasteiger charge is 2.17. The van der Waals surface area contributed by atoms with Crippen LogP contribution in [0.4, 0.5) is 5.69 Å². The van der Waals surface area contributed by atoms with Gasteiger partial charge in [0, 0.05) is 17.1 Å². The fraction of sp³-hybridized carbons (Fsp3) is 0.412. The van der Waals surface area contributed by atoms with Crippen molar-refractivity contribution in [2.24, 2.45) is 0 Å². The molecular formula is C17H22ClN3O2. The molecule has 124 valence electrons. The van der Waals surface area contributed by atoms with Crippen molar-refractivity contribution < 1.29 is 9.53 Å². The number of methoxy groups -OCH3 is 1. The van der Waals surface area contributed by atoms with Gasteiger partial charge in [-0.3, -0.25) is 9.48 Å². The Kier molecular flexibility index (Phi) is 5.31. The van der Waals surface area contributed by atoms with Gasteiger partial charge in [-0.2, -0.15) is 5.10 Å². The van der Waals surface area contributed by atoms with Crippen molar-refractivity contribution in [1.29, 1.82) is 0 Å². The first-order valence-corrected chi connectivity index (χ1v) is 7.87. The second kappa shape index (κ2) is 7.04. The summed E-state index contributed by atoms with van der Waals surface area (Å²) in [6.45, 7) is 8.01. The summed E-state index contributed by atoms with van der Waals surface area (Å²) < 4.78 is 7.14. The number of rotatable bonds is 5. The first-order chi connectivity index (χ1) is 10.8. The van der Waals surface area contributed by atoms with E-state index in [-0.39, 0.29) is 11.9 Å². The molecule has 0 unspecified atom stereocenters. The van der Waals surface area contributed by atoms with Crippen LogP contribution in [0.1, 0.15) is 36.3 Å². The third-order valence-corrected chi connectivity index (χ3v) is 4.26. The molecule has 0 radical (unpaired) electrons. The summed E-state index contributed by atoms with van der Waals surface area (Å²) >= 11 is 5.98. The van der Waals surface area contributed by atoms with Crippen LogP contribution in [0, 0.1) is 20.8 Å². The van der Waals surface area contributed by atoms with Crippen LogP contribution >= 0.6 is 11.6 Å². The fourth-order valence-electron chi connectivity index (χ4n) is 2.51. The number of carbonyl (C=O) groups is 1. The molecule has 23 heavy (non-hydrogen) atoms. The molecule has 2 aromatic rings. The standard InChI is InChI=1S/C17H22ClN3O2/c1-10(21-13(4)11(2)12(3)20-21)8-17(22)19-15-9-14(18)6-7-16(15)23-5/h6-7,9-10H,8H2,1-5H3,(H,19,22)/t10-/m0/s1. The summed E-state index contributed by atoms with van der Waals surface area (Å²) in [4.78, 5) is 12.3. The number of nitrogens with one attached hydrogen (secondary N) is 1. The Morgan fingerprint density at radius 1 is 1.39 bits per heavy atom. The topological polar surface area (TPSA) is 56.1 Å². The van der Waals surface area contributed by atoms with E-state index in [1.807, 2.05) is 32.4 Å². The molecule has 0 saturated heterocycles. The number of nitrogens with zero attached hydrogens (tertiary/aromatic N) is 2. The van der Waals surface area contributed by atoms with Crippen molar-refractivity contribution in [1.82, 2.24) is 9.78 Å². The molecule has 1 amide bonds. The zero-order valence-electron chi connectivity index (χ0n) is 14.1. The summed E-state index contributed by atoms with van der Waals surface area (Å²) in [5.74, 6) is 0.473. The molecule has 0 aliphatic rings. The molecule has 1 N–H and O–H groups in total. The van der Waals surface area contributed by atoms with Gasteiger partial charge >= 0.3 is 0 Å². The zero-order valence-corrected chi connectivity index (χ0v) is 14.9. The number of anilines is 1. The van der Waals surface area contributed by atoms with Crippen LogP contribution < -0.4 is 10.1 Å². The predicted octanol–water partition coefficient (Wildman–Crippen LogP) is 4.06. The average molecular weight is 336 g/mol. The van der Waals surface area contributed by atoms with Gasteiger partial charge in [-0.05, 0) is 51.5 Å². The largest absolute Gasteiger partial charge is 0.495 e. The van der Waals surface area contributed by atoms with Gasteiger partial charge in [-0.1, -0.05) is 11.6 Å². The van der Waals surface area contributed by atoms with E-state index in [1.54, 1.807) is 25.3 Å². The molecule has 0 fully saturated rings. The van der Waals surface area contributed by atoms with E-state index in [2.05, 4.69) is 10.4 Å². The highest BCUT2D eigenvalue weighted by atomic mass is 35.5. The van der Waals surface area contributed by atoms with Crippen LogP contribution in [0.3, 0.4) is 0 Å². The Hall–Kier alpha value is -2.01. The number of carbonyl (C=O) groups excluding carboxylic acids is 1. The first-order valence-electron chi connectivity index (χ1n) is 7.49. The van der Waals surface area contributed by atoms with Crippen LogP contribution in [-0.4, -0.2) is 22.8 Å². The molecule has 2 rings (SSSR count). The minimum Gasteiger partial charge on any atom is -0.495 e. The molecule has 1 atom stereocenters. The first kappa shape index (κ1) is 17.3. The Labute approximate surface area is 141 Å². The lowest BCUT2D eigenvalue weighted by atomic mass is 10.2. The van der Waals surface area contributed by atoms with Gasteiger partial charge in [-0.25, -0.2) is 0 Å². The van der Waals surface area contributed by atoms with Gasteiger partial charge in [-0.15, -0.1) is 0 Å². The van der Waals surface area contributed by atoms with Gasteiger partial charge in [0.15, 0.2) is 0 Å². The smallest absolute Gasteiger partial charge is 0.226 e. The molecule has 5 nitrogen and oxygen atoms in total. The SMILES string of the molecule is COc1ccc(Cl)cc1NC(=O)C[C@H](C)n1nc(C)c(C)c1C. The Morgan fingerprint density at radius 2 is 2.09 bits per heavy atom. The molecule has 0 aliphatic carbocycles. The number of benzene rings is 1. The number of hydrogen-bond donors (Lipinski definition) is 1. The summed E-state index contributed by atoms with van der Waals surface area (Å²) in [5, 5.41) is 7.91. The minimum absolute atomic E-state index is 0.0346. The van der Waals surface area contributed by atoms with Gasteiger partial charge in [0.2, 0.25) is 5.91 Å². The summed E-state index contributed by atoms with van der Waals surface area (Å²) in [6, 6.07) is 5.09. The highest BCUT2D eigenvalue weighted by molar-refractivity contribution is 6.31. The quantitative estimate of drug-likeness (QED) is 0.896. The molecule has 0 bridgehead atoms. The summed E-state index contributed by atoms with van der Waals surface area (Å²) in [7, 11) is 1.56. The molecule has 0 aliphatic heterocycles. The maximum atomic E-state index is 12.3. The zero-order chi connectivity index (χ0) is 17.1. The van der Waals surface area contributed by atoms with E-state index < -0.39 is 0 Å². The number of amides is 1. The summed E-state index contributed by atoms with van der Waals surface area (Å²) in [5.41, 5.74) is 3.81. The predicted molar refractivity (Wildman–Crippen MR) is 92.4 cm³/mol. The van der Waals surface area contributed by atoms with Crippen LogP contribution in [0.25, 0.3) is 0 Å². The second-order valence-electron chi connectivity index (χ2n) is 5.69. The van der Waals surface area contributed by atoms with E-state index in [0.717, 1.165) is 17.0 Å². The van der Waals surface area contributed by atoms with E-state index in [4.69, 9.17) is 16.3 Å². The van der Waals surface area contributed by atoms with Crippen LogP contribution in [0.15, 0.2) is 18.2 Å². The van der Waals surface area contributed by atoms with Crippen LogP contribution in [-0.2, 0) is 4.79 Å². The number of hydrogen-bond acceptors (Lipinski definition) is 3. The second-order valence-corrected chi connectivity index (χ2v) is 6.12. The van der Waals surface area contributed by atoms with Crippen molar-refractivity contribution in [3.05, 3.63) is 40.2 Å². The fourth-order valence-corrected chi connectivity index (χ4v) is 2.68. The number of halogens is 1. The van der Waals surface area contributed by atoms with E-state index in [0.29, 0.717) is 22.9 Å². The molecule has 6 heteroatoms. The lowest BCUT2D eigenvalue weighted by molar-refractivity contribution is -0.116. The van der Waals surface area contributed by atoms with Crippen LogP contribution in [0.2, 0.25) is 5.02 Å².